The summed E-state index contributed by atoms with van der Waals surface area (Å²) in [7, 11) is 0. The molecule has 0 aliphatic rings. The van der Waals surface area contributed by atoms with Gasteiger partial charge in [0, 0.05) is 6.42 Å². The first-order chi connectivity index (χ1) is 13.9. The Labute approximate surface area is 176 Å². The topological polar surface area (TPSA) is 194 Å². The van der Waals surface area contributed by atoms with Gasteiger partial charge in [-0.2, -0.15) is 0 Å². The Kier molecular flexibility index (Phi) is 12.3. The Morgan fingerprint density at radius 1 is 1.00 bits per heavy atom. The van der Waals surface area contributed by atoms with E-state index in [4.69, 9.17) is 11.5 Å². The minimum Gasteiger partial charge on any atom is -0.480 e. The van der Waals surface area contributed by atoms with Crippen LogP contribution in [-0.4, -0.2) is 59.4 Å². The van der Waals surface area contributed by atoms with Crippen LogP contribution in [0.4, 0.5) is 0 Å². The zero-order chi connectivity index (χ0) is 23.4. The van der Waals surface area contributed by atoms with Crippen LogP contribution < -0.4 is 27.4 Å². The molecule has 0 aliphatic heterocycles. The molecule has 0 aromatic rings. The van der Waals surface area contributed by atoms with Crippen molar-refractivity contribution < 1.29 is 29.1 Å². The first kappa shape index (κ1) is 27.3. The molecule has 4 atom stereocenters. The van der Waals surface area contributed by atoms with Crippen molar-refractivity contribution in [2.45, 2.75) is 71.5 Å². The van der Waals surface area contributed by atoms with E-state index >= 15 is 0 Å². The summed E-state index contributed by atoms with van der Waals surface area (Å²) in [5.74, 6) is -3.95. The quantitative estimate of drug-likeness (QED) is 0.200. The fourth-order valence-corrected chi connectivity index (χ4v) is 2.65. The maximum absolute atomic E-state index is 12.5. The lowest BCUT2D eigenvalue weighted by Gasteiger charge is -2.24. The molecule has 11 heteroatoms. The zero-order valence-electron chi connectivity index (χ0n) is 18.1. The van der Waals surface area contributed by atoms with Crippen molar-refractivity contribution in [3.63, 3.8) is 0 Å². The van der Waals surface area contributed by atoms with Gasteiger partial charge >= 0.3 is 5.97 Å². The molecule has 0 bridgehead atoms. The number of hydrogen-bond donors (Lipinski definition) is 6. The summed E-state index contributed by atoms with van der Waals surface area (Å²) in [4.78, 5) is 59.2. The number of amides is 4. The van der Waals surface area contributed by atoms with Crippen molar-refractivity contribution in [2.75, 3.05) is 6.54 Å². The number of primary amides is 1. The van der Waals surface area contributed by atoms with Crippen LogP contribution in [0.2, 0.25) is 0 Å². The van der Waals surface area contributed by atoms with Gasteiger partial charge < -0.3 is 32.5 Å². The molecule has 8 N–H and O–H groups in total. The van der Waals surface area contributed by atoms with E-state index in [9.17, 15) is 29.1 Å². The lowest BCUT2D eigenvalue weighted by molar-refractivity contribution is -0.144. The average Bonchev–Trinajstić information content (AvgIpc) is 2.65. The van der Waals surface area contributed by atoms with E-state index in [-0.39, 0.29) is 24.7 Å². The standard InChI is InChI=1S/C19H35N5O6/c1-5-11(4)16(19(29)30)24-18(28)13(6-7-14(21)25)23-15(26)9-22-17(27)12(20)8-10(2)3/h10-13,16H,5-9,20H2,1-4H3,(H2,21,25)(H,22,27)(H,23,26)(H,24,28)(H,29,30). The number of rotatable bonds is 14. The Balaban J connectivity index is 5.01. The molecule has 0 saturated heterocycles. The molecule has 4 unspecified atom stereocenters. The van der Waals surface area contributed by atoms with Crippen molar-refractivity contribution >= 4 is 29.6 Å². The molecule has 0 saturated carbocycles. The molecule has 30 heavy (non-hydrogen) atoms. The number of nitrogens with one attached hydrogen (secondary N) is 3. The largest absolute Gasteiger partial charge is 0.480 e. The Bertz CT molecular complexity index is 625. The average molecular weight is 430 g/mol. The van der Waals surface area contributed by atoms with Gasteiger partial charge in [-0.25, -0.2) is 4.79 Å². The summed E-state index contributed by atoms with van der Waals surface area (Å²) >= 11 is 0. The van der Waals surface area contributed by atoms with Gasteiger partial charge in [0.25, 0.3) is 0 Å². The maximum atomic E-state index is 12.5. The molecule has 4 amide bonds. The summed E-state index contributed by atoms with van der Waals surface area (Å²) in [5.41, 5.74) is 10.9. The molecule has 0 aromatic carbocycles. The molecule has 0 rings (SSSR count). The van der Waals surface area contributed by atoms with E-state index in [0.717, 1.165) is 0 Å². The molecule has 0 aromatic heterocycles. The summed E-state index contributed by atoms with van der Waals surface area (Å²) in [6.45, 7) is 6.85. The van der Waals surface area contributed by atoms with Crippen molar-refractivity contribution in [3.8, 4) is 0 Å². The molecule has 0 spiro atoms. The van der Waals surface area contributed by atoms with E-state index in [0.29, 0.717) is 12.8 Å². The molecule has 0 aliphatic carbocycles. The van der Waals surface area contributed by atoms with Gasteiger partial charge in [0.05, 0.1) is 12.6 Å². The smallest absolute Gasteiger partial charge is 0.326 e. The van der Waals surface area contributed by atoms with Crippen molar-refractivity contribution in [1.29, 1.82) is 0 Å². The van der Waals surface area contributed by atoms with E-state index in [1.807, 2.05) is 13.8 Å². The number of nitrogens with two attached hydrogens (primary N) is 2. The van der Waals surface area contributed by atoms with E-state index in [2.05, 4.69) is 16.0 Å². The van der Waals surface area contributed by atoms with Gasteiger partial charge in [0.2, 0.25) is 23.6 Å². The SMILES string of the molecule is CCC(C)C(NC(=O)C(CCC(N)=O)NC(=O)CNC(=O)C(N)CC(C)C)C(=O)O. The molecular weight excluding hydrogens is 394 g/mol. The third-order valence-corrected chi connectivity index (χ3v) is 4.59. The van der Waals surface area contributed by atoms with Crippen LogP contribution >= 0.6 is 0 Å². The van der Waals surface area contributed by atoms with Crippen molar-refractivity contribution in [1.82, 2.24) is 16.0 Å². The summed E-state index contributed by atoms with van der Waals surface area (Å²) in [6, 6.07) is -3.10. The lowest BCUT2D eigenvalue weighted by Crippen LogP contribution is -2.55. The second kappa shape index (κ2) is 13.5. The summed E-state index contributed by atoms with van der Waals surface area (Å²) in [5, 5.41) is 16.5. The van der Waals surface area contributed by atoms with Crippen LogP contribution in [0.25, 0.3) is 0 Å². The van der Waals surface area contributed by atoms with Gasteiger partial charge in [-0.1, -0.05) is 34.1 Å². The van der Waals surface area contributed by atoms with Gasteiger partial charge in [-0.05, 0) is 24.7 Å². The highest BCUT2D eigenvalue weighted by atomic mass is 16.4. The van der Waals surface area contributed by atoms with Gasteiger partial charge in [0.1, 0.15) is 12.1 Å². The molecule has 172 valence electrons. The molecular formula is C19H35N5O6. The maximum Gasteiger partial charge on any atom is 0.326 e. The first-order valence-corrected chi connectivity index (χ1v) is 10.0. The predicted octanol–water partition coefficient (Wildman–Crippen LogP) is -1.16. The van der Waals surface area contributed by atoms with Crippen LogP contribution in [-0.2, 0) is 24.0 Å². The highest BCUT2D eigenvalue weighted by Gasteiger charge is 2.29. The molecule has 11 nitrogen and oxygen atoms in total. The summed E-state index contributed by atoms with van der Waals surface area (Å²) in [6.07, 6.45) is 0.660. The minimum atomic E-state index is -1.20. The Morgan fingerprint density at radius 3 is 2.07 bits per heavy atom. The minimum absolute atomic E-state index is 0.111. The Morgan fingerprint density at radius 2 is 1.60 bits per heavy atom. The van der Waals surface area contributed by atoms with Crippen LogP contribution in [0.1, 0.15) is 53.4 Å². The third kappa shape index (κ3) is 10.7. The van der Waals surface area contributed by atoms with Crippen LogP contribution in [0.3, 0.4) is 0 Å². The van der Waals surface area contributed by atoms with Gasteiger partial charge in [0.15, 0.2) is 0 Å². The normalized spacial score (nSPS) is 14.9. The third-order valence-electron chi connectivity index (χ3n) is 4.59. The van der Waals surface area contributed by atoms with Crippen molar-refractivity contribution in [3.05, 3.63) is 0 Å². The second-order valence-corrected chi connectivity index (χ2v) is 7.79. The number of carbonyl (C=O) groups is 5. The number of hydrogen-bond acceptors (Lipinski definition) is 6. The van der Waals surface area contributed by atoms with Crippen LogP contribution in [0, 0.1) is 11.8 Å². The number of carboxylic acids is 1. The first-order valence-electron chi connectivity index (χ1n) is 10.0. The molecule has 0 fully saturated rings. The zero-order valence-corrected chi connectivity index (χ0v) is 18.1. The van der Waals surface area contributed by atoms with Gasteiger partial charge in [-0.15, -0.1) is 0 Å². The lowest BCUT2D eigenvalue weighted by atomic mass is 9.98. The van der Waals surface area contributed by atoms with Crippen LogP contribution in [0.15, 0.2) is 0 Å². The van der Waals surface area contributed by atoms with Crippen molar-refractivity contribution in [2.24, 2.45) is 23.3 Å². The fraction of sp³-hybridized carbons (Fsp3) is 0.737. The highest BCUT2D eigenvalue weighted by Crippen LogP contribution is 2.09. The predicted molar refractivity (Wildman–Crippen MR) is 110 cm³/mol. The number of carboxylic acid groups (broad SMARTS) is 1. The van der Waals surface area contributed by atoms with E-state index in [1.165, 1.54) is 0 Å². The second-order valence-electron chi connectivity index (χ2n) is 7.79. The molecule has 0 radical (unpaired) electrons. The van der Waals surface area contributed by atoms with Crippen LogP contribution in [0.5, 0.6) is 0 Å². The summed E-state index contributed by atoms with van der Waals surface area (Å²) < 4.78 is 0. The molecule has 0 heterocycles. The van der Waals surface area contributed by atoms with E-state index in [1.54, 1.807) is 13.8 Å². The number of carbonyl (C=O) groups excluding carboxylic acids is 4. The monoisotopic (exact) mass is 429 g/mol. The Hall–Kier alpha value is -2.69. The number of aliphatic carboxylic acids is 1. The highest BCUT2D eigenvalue weighted by molar-refractivity contribution is 5.92. The van der Waals surface area contributed by atoms with Gasteiger partial charge in [-0.3, -0.25) is 19.2 Å². The fourth-order valence-electron chi connectivity index (χ4n) is 2.65. The van der Waals surface area contributed by atoms with E-state index < -0.39 is 54.3 Å².